The van der Waals surface area contributed by atoms with E-state index in [1.54, 1.807) is 35.2 Å². The van der Waals surface area contributed by atoms with E-state index >= 15 is 0 Å². The Morgan fingerprint density at radius 1 is 0.896 bits per heavy atom. The van der Waals surface area contributed by atoms with Crippen LogP contribution in [0.2, 0.25) is 0 Å². The number of benzene rings is 2. The number of hydrazine groups is 1. The monoisotopic (exact) mass is 924 g/mol. The van der Waals surface area contributed by atoms with Crippen LogP contribution in [0.1, 0.15) is 102 Å². The number of amidine groups is 1. The molecule has 358 valence electrons. The fraction of sp³-hybridized carbons (Fsp3) is 0.542. The Labute approximate surface area is 389 Å². The fourth-order valence-corrected chi connectivity index (χ4v) is 11.0. The highest BCUT2D eigenvalue weighted by Crippen LogP contribution is 2.39. The van der Waals surface area contributed by atoms with Crippen molar-refractivity contribution in [3.05, 3.63) is 75.6 Å². The fourth-order valence-electron chi connectivity index (χ4n) is 11.0. The van der Waals surface area contributed by atoms with Crippen molar-refractivity contribution in [1.82, 2.24) is 46.0 Å². The molecule has 3 fully saturated rings. The summed E-state index contributed by atoms with van der Waals surface area (Å²) < 4.78 is 29.4. The van der Waals surface area contributed by atoms with Crippen LogP contribution in [0.4, 0.5) is 25.0 Å². The van der Waals surface area contributed by atoms with Gasteiger partial charge in [-0.1, -0.05) is 6.07 Å². The molecule has 2 atom stereocenters. The topological polar surface area (TPSA) is 189 Å². The van der Waals surface area contributed by atoms with Crippen molar-refractivity contribution in [2.24, 2.45) is 0 Å². The van der Waals surface area contributed by atoms with Crippen LogP contribution in [0.3, 0.4) is 0 Å². The highest BCUT2D eigenvalue weighted by Gasteiger charge is 2.46. The smallest absolute Gasteiger partial charge is 0.317 e. The standard InChI is InChI=1S/C48H62F2N12O5/c1-28(25-58-17-11-31(12-18-58)55-38-8-4-7-33-42(38)47(66)62(46(33)65)39-9-10-41(63)56-45(39)64)59-19-13-32(14-20-59)54-37-15-21-60(48(67)52-2)27-36(37)44(51)61-16-5-6-29-22-34(30-24-53-57(3)26-30)35(43(49)50)23-40(29)61/h4,7-8,22-23,26,28,31-32,39,43,51,53-55H,5-6,9-21,24-25,27H2,1-3H3,(H,52,67)(H,56,63,64). The Bertz CT molecular complexity index is 2390. The zero-order valence-corrected chi connectivity index (χ0v) is 38.6. The number of likely N-dealkylation sites (tertiary alicyclic amines) is 2. The summed E-state index contributed by atoms with van der Waals surface area (Å²) in [5.74, 6) is -1.82. The second kappa shape index (κ2) is 19.4. The van der Waals surface area contributed by atoms with Gasteiger partial charge in [0.2, 0.25) is 11.8 Å². The van der Waals surface area contributed by atoms with Crippen molar-refractivity contribution in [3.8, 4) is 0 Å². The van der Waals surface area contributed by atoms with Crippen LogP contribution in [0, 0.1) is 5.41 Å². The van der Waals surface area contributed by atoms with E-state index in [4.69, 9.17) is 0 Å². The molecule has 9 rings (SSSR count). The van der Waals surface area contributed by atoms with E-state index in [0.29, 0.717) is 54.6 Å². The molecule has 2 aromatic carbocycles. The van der Waals surface area contributed by atoms with Crippen LogP contribution < -0.4 is 31.6 Å². The number of hydrogen-bond donors (Lipinski definition) is 6. The van der Waals surface area contributed by atoms with E-state index in [9.17, 15) is 38.2 Å². The Balaban J connectivity index is 0.803. The molecule has 6 amide bonds. The number of hydrogen-bond acceptors (Lipinski definition) is 12. The first-order valence-electron chi connectivity index (χ1n) is 23.8. The number of nitrogens with one attached hydrogen (secondary N) is 6. The van der Waals surface area contributed by atoms with Gasteiger partial charge in [0.25, 0.3) is 18.2 Å². The summed E-state index contributed by atoms with van der Waals surface area (Å²) in [4.78, 5) is 73.8. The third-order valence-electron chi connectivity index (χ3n) is 14.7. The van der Waals surface area contributed by atoms with Gasteiger partial charge in [-0.2, -0.15) is 0 Å². The number of nitrogens with zero attached hydrogens (tertiary/aromatic N) is 6. The maximum absolute atomic E-state index is 14.7. The van der Waals surface area contributed by atoms with Gasteiger partial charge in [0.15, 0.2) is 0 Å². The molecule has 7 aliphatic heterocycles. The summed E-state index contributed by atoms with van der Waals surface area (Å²) in [6.07, 6.45) is 4.95. The third kappa shape index (κ3) is 9.37. The molecule has 0 radical (unpaired) electrons. The molecule has 17 nitrogen and oxygen atoms in total. The average Bonchev–Trinajstić information content (AvgIpc) is 3.88. The molecule has 3 saturated heterocycles. The number of halogens is 2. The second-order valence-electron chi connectivity index (χ2n) is 19.0. The van der Waals surface area contributed by atoms with Crippen LogP contribution in [0.5, 0.6) is 0 Å². The lowest BCUT2D eigenvalue weighted by atomic mass is 9.91. The summed E-state index contributed by atoms with van der Waals surface area (Å²) in [7, 11) is 3.45. The van der Waals surface area contributed by atoms with Crippen LogP contribution in [-0.2, 0) is 16.0 Å². The van der Waals surface area contributed by atoms with Crippen LogP contribution >= 0.6 is 0 Å². The molecule has 0 saturated carbocycles. The molecule has 0 spiro atoms. The van der Waals surface area contributed by atoms with E-state index in [2.05, 4.69) is 43.4 Å². The molecule has 7 heterocycles. The van der Waals surface area contributed by atoms with Crippen molar-refractivity contribution in [2.45, 2.75) is 95.3 Å². The molecule has 2 unspecified atom stereocenters. The molecular formula is C48H62F2N12O5. The van der Waals surface area contributed by atoms with E-state index in [-0.39, 0.29) is 60.0 Å². The van der Waals surface area contributed by atoms with Crippen molar-refractivity contribution < 1.29 is 32.8 Å². The summed E-state index contributed by atoms with van der Waals surface area (Å²) in [5, 5.41) is 23.8. The minimum Gasteiger partial charge on any atom is -0.385 e. The number of fused-ring (bicyclic) bond motifs is 2. The predicted octanol–water partition coefficient (Wildman–Crippen LogP) is 3.86. The highest BCUT2D eigenvalue weighted by molar-refractivity contribution is 6.25. The number of anilines is 2. The Hall–Kier alpha value is -5.92. The number of carbonyl (C=O) groups is 5. The van der Waals surface area contributed by atoms with Crippen molar-refractivity contribution >= 4 is 52.4 Å². The maximum atomic E-state index is 14.7. The molecule has 2 aromatic rings. The number of rotatable bonds is 11. The number of imide groups is 2. The molecule has 67 heavy (non-hydrogen) atoms. The first-order chi connectivity index (χ1) is 32.3. The maximum Gasteiger partial charge on any atom is 0.317 e. The predicted molar refractivity (Wildman–Crippen MR) is 250 cm³/mol. The summed E-state index contributed by atoms with van der Waals surface area (Å²) in [6.45, 7) is 8.49. The largest absolute Gasteiger partial charge is 0.385 e. The summed E-state index contributed by atoms with van der Waals surface area (Å²) in [6, 6.07) is 8.01. The second-order valence-corrected chi connectivity index (χ2v) is 19.0. The van der Waals surface area contributed by atoms with E-state index in [0.717, 1.165) is 93.0 Å². The van der Waals surface area contributed by atoms with Crippen molar-refractivity contribution in [3.63, 3.8) is 0 Å². The minimum atomic E-state index is -2.68. The van der Waals surface area contributed by atoms with Gasteiger partial charge in [-0.15, -0.1) is 0 Å². The zero-order valence-electron chi connectivity index (χ0n) is 38.6. The van der Waals surface area contributed by atoms with Crippen molar-refractivity contribution in [1.29, 1.82) is 5.41 Å². The van der Waals surface area contributed by atoms with E-state index in [1.165, 1.54) is 0 Å². The molecular weight excluding hydrogens is 863 g/mol. The number of urea groups is 1. The van der Waals surface area contributed by atoms with Gasteiger partial charge < -0.3 is 35.7 Å². The quantitative estimate of drug-likeness (QED) is 0.109. The average molecular weight is 925 g/mol. The third-order valence-corrected chi connectivity index (χ3v) is 14.7. The van der Waals surface area contributed by atoms with Gasteiger partial charge >= 0.3 is 6.03 Å². The highest BCUT2D eigenvalue weighted by atomic mass is 19.3. The summed E-state index contributed by atoms with van der Waals surface area (Å²) >= 11 is 0. The summed E-state index contributed by atoms with van der Waals surface area (Å²) in [5.41, 5.74) is 8.83. The number of aryl methyl sites for hydroxylation is 1. The molecule has 6 N–H and O–H groups in total. The Kier molecular flexibility index (Phi) is 13.3. The van der Waals surface area contributed by atoms with Crippen LogP contribution in [-0.4, -0.2) is 157 Å². The lowest BCUT2D eigenvalue weighted by molar-refractivity contribution is -0.136. The Morgan fingerprint density at radius 3 is 2.34 bits per heavy atom. The van der Waals surface area contributed by atoms with Gasteiger partial charge in [0, 0.05) is 132 Å². The number of amides is 6. The van der Waals surface area contributed by atoms with Gasteiger partial charge in [0.05, 0.1) is 17.7 Å². The first-order valence-corrected chi connectivity index (χ1v) is 23.8. The first kappa shape index (κ1) is 46.2. The Morgan fingerprint density at radius 2 is 1.64 bits per heavy atom. The lowest BCUT2D eigenvalue weighted by Crippen LogP contribution is -2.54. The molecule has 0 aliphatic carbocycles. The zero-order chi connectivity index (χ0) is 47.1. The van der Waals surface area contributed by atoms with Crippen LogP contribution in [0.15, 0.2) is 47.8 Å². The lowest BCUT2D eigenvalue weighted by Gasteiger charge is -2.41. The SMILES string of the molecule is CNC(=O)N1CCC(NC2CCN(C(C)CN3CCC(Nc4cccc5c4C(=O)N(C4CCC(=O)NC4=O)C5=O)CC3)CC2)=C(C(=N)N2CCCc3cc(C4=CN(C)NC4)c(C(F)F)cc32)C1. The minimum absolute atomic E-state index is 0.0423. The van der Waals surface area contributed by atoms with Crippen LogP contribution in [0.25, 0.3) is 5.57 Å². The van der Waals surface area contributed by atoms with Gasteiger partial charge in [-0.05, 0) is 92.8 Å². The van der Waals surface area contributed by atoms with Gasteiger partial charge in [0.1, 0.15) is 11.9 Å². The molecule has 7 aliphatic rings. The number of alkyl halides is 2. The number of piperidine rings is 3. The van der Waals surface area contributed by atoms with E-state index < -0.39 is 36.1 Å². The van der Waals surface area contributed by atoms with Crippen molar-refractivity contribution in [2.75, 3.05) is 83.2 Å². The molecule has 0 bridgehead atoms. The normalized spacial score (nSPS) is 22.8. The van der Waals surface area contributed by atoms with Gasteiger partial charge in [-0.3, -0.25) is 39.7 Å². The van der Waals surface area contributed by atoms with E-state index in [1.807, 2.05) is 30.3 Å². The molecule has 19 heteroatoms. The molecule has 0 aromatic heterocycles. The van der Waals surface area contributed by atoms with Gasteiger partial charge in [-0.25, -0.2) is 19.0 Å². The number of carbonyl (C=O) groups excluding carboxylic acids is 5.